The summed E-state index contributed by atoms with van der Waals surface area (Å²) in [5, 5.41) is 11.3. The lowest BCUT2D eigenvalue weighted by Gasteiger charge is -2.33. The molecule has 1 heterocycles. The number of benzene rings is 1. The van der Waals surface area contributed by atoms with Crippen molar-refractivity contribution in [1.29, 1.82) is 0 Å². The zero-order chi connectivity index (χ0) is 18.0. The van der Waals surface area contributed by atoms with Crippen molar-refractivity contribution in [3.63, 3.8) is 0 Å². The van der Waals surface area contributed by atoms with Gasteiger partial charge in [-0.25, -0.2) is 12.8 Å². The van der Waals surface area contributed by atoms with E-state index in [9.17, 15) is 12.8 Å². The molecule has 8 heteroatoms. The fourth-order valence-corrected chi connectivity index (χ4v) is 5.55. The third-order valence-corrected chi connectivity index (χ3v) is 6.91. The van der Waals surface area contributed by atoms with E-state index in [1.165, 1.54) is 12.1 Å². The molecule has 2 atom stereocenters. The smallest absolute Gasteiger partial charge is 0.188 e. The Morgan fingerprint density at radius 3 is 2.72 bits per heavy atom. The van der Waals surface area contributed by atoms with E-state index >= 15 is 0 Å². The molecule has 0 radical (unpaired) electrons. The number of aliphatic hydroxyl groups is 1. The average molecular weight is 429 g/mol. The molecular formula is C17H18BrFN2O3S. The zero-order valence-corrected chi connectivity index (χ0v) is 15.7. The lowest BCUT2D eigenvalue weighted by atomic mass is 9.91. The van der Waals surface area contributed by atoms with E-state index in [0.717, 1.165) is 22.2 Å². The quantitative estimate of drug-likeness (QED) is 0.714. The number of nitrogens with zero attached hydrogens (tertiary/aromatic N) is 1. The van der Waals surface area contributed by atoms with Crippen molar-refractivity contribution in [2.75, 3.05) is 13.2 Å². The first-order chi connectivity index (χ1) is 11.9. The number of hydrogen-bond acceptors (Lipinski definition) is 5. The van der Waals surface area contributed by atoms with Gasteiger partial charge < -0.3 is 10.4 Å². The summed E-state index contributed by atoms with van der Waals surface area (Å²) in [6.45, 7) is 0.215. The van der Waals surface area contributed by atoms with Gasteiger partial charge in [0.15, 0.2) is 9.84 Å². The second-order valence-electron chi connectivity index (χ2n) is 5.94. The van der Waals surface area contributed by atoms with Crippen LogP contribution in [0.3, 0.4) is 0 Å². The maximum Gasteiger partial charge on any atom is 0.188 e. The molecule has 0 saturated heterocycles. The molecule has 3 rings (SSSR count). The molecule has 2 aromatic rings. The number of pyridine rings is 1. The SMILES string of the molecule is O=S(=O)(c1ccc(F)cc1)C1c2ncc(Br)cc2CCC1NCCO. The van der Waals surface area contributed by atoms with Gasteiger partial charge in [-0.3, -0.25) is 4.98 Å². The molecule has 1 aliphatic rings. The summed E-state index contributed by atoms with van der Waals surface area (Å²) in [4.78, 5) is 4.43. The van der Waals surface area contributed by atoms with Crippen molar-refractivity contribution in [3.05, 3.63) is 58.1 Å². The number of halogens is 2. The van der Waals surface area contributed by atoms with Crippen LogP contribution in [0.15, 0.2) is 45.9 Å². The van der Waals surface area contributed by atoms with Gasteiger partial charge in [0.05, 0.1) is 17.2 Å². The largest absolute Gasteiger partial charge is 0.395 e. The maximum absolute atomic E-state index is 13.2. The number of rotatable bonds is 5. The molecule has 0 bridgehead atoms. The van der Waals surface area contributed by atoms with E-state index < -0.39 is 20.9 Å². The van der Waals surface area contributed by atoms with Crippen LogP contribution in [0.1, 0.15) is 22.9 Å². The van der Waals surface area contributed by atoms with E-state index in [1.807, 2.05) is 6.07 Å². The van der Waals surface area contributed by atoms with E-state index in [2.05, 4.69) is 26.2 Å². The Hall–Kier alpha value is -1.35. The molecule has 1 aliphatic carbocycles. The third-order valence-electron chi connectivity index (χ3n) is 4.32. The lowest BCUT2D eigenvalue weighted by Crippen LogP contribution is -2.43. The summed E-state index contributed by atoms with van der Waals surface area (Å²) in [6, 6.07) is 6.35. The van der Waals surface area contributed by atoms with E-state index in [1.54, 1.807) is 6.20 Å². The minimum absolute atomic E-state index is 0.0623. The normalized spacial score (nSPS) is 20.3. The van der Waals surface area contributed by atoms with Crippen molar-refractivity contribution in [2.24, 2.45) is 0 Å². The van der Waals surface area contributed by atoms with Gasteiger partial charge in [0, 0.05) is 23.3 Å². The standard InChI is InChI=1S/C17H18BrFN2O3S/c18-12-9-11-1-6-15(20-7-8-22)17(16(11)21-10-12)25(23,24)14-4-2-13(19)3-5-14/h2-5,9-10,15,17,20,22H,1,6-8H2. The lowest BCUT2D eigenvalue weighted by molar-refractivity contribution is 0.278. The monoisotopic (exact) mass is 428 g/mol. The molecule has 0 saturated carbocycles. The Morgan fingerprint density at radius 2 is 2.04 bits per heavy atom. The van der Waals surface area contributed by atoms with Crippen molar-refractivity contribution < 1.29 is 17.9 Å². The van der Waals surface area contributed by atoms with Gasteiger partial charge in [-0.2, -0.15) is 0 Å². The first-order valence-corrected chi connectivity index (χ1v) is 10.3. The molecule has 0 aliphatic heterocycles. The van der Waals surface area contributed by atoms with Gasteiger partial charge in [-0.1, -0.05) is 0 Å². The summed E-state index contributed by atoms with van der Waals surface area (Å²) in [5.74, 6) is -0.486. The Balaban J connectivity index is 2.08. The van der Waals surface area contributed by atoms with Crippen LogP contribution in [0.4, 0.5) is 4.39 Å². The minimum atomic E-state index is -3.77. The molecule has 0 amide bonds. The fraction of sp³-hybridized carbons (Fsp3) is 0.353. The summed E-state index contributed by atoms with van der Waals surface area (Å²) < 4.78 is 40.5. The molecule has 5 nitrogen and oxygen atoms in total. The highest BCUT2D eigenvalue weighted by molar-refractivity contribution is 9.10. The number of sulfone groups is 1. The first kappa shape index (κ1) is 18.4. The van der Waals surface area contributed by atoms with Gasteiger partial charge >= 0.3 is 0 Å². The molecule has 1 aromatic carbocycles. The van der Waals surface area contributed by atoms with Crippen LogP contribution in [0.2, 0.25) is 0 Å². The molecule has 1 aromatic heterocycles. The summed E-state index contributed by atoms with van der Waals surface area (Å²) in [5.41, 5.74) is 1.39. The summed E-state index contributed by atoms with van der Waals surface area (Å²) >= 11 is 3.37. The van der Waals surface area contributed by atoms with Gasteiger partial charge in [0.2, 0.25) is 0 Å². The molecule has 2 N–H and O–H groups in total. The Kier molecular flexibility index (Phi) is 5.52. The highest BCUT2D eigenvalue weighted by atomic mass is 79.9. The summed E-state index contributed by atoms with van der Waals surface area (Å²) in [6.07, 6.45) is 2.89. The fourth-order valence-electron chi connectivity index (χ4n) is 3.19. The van der Waals surface area contributed by atoms with Gasteiger partial charge in [0.1, 0.15) is 11.1 Å². The number of aromatic nitrogens is 1. The van der Waals surface area contributed by atoms with Crippen LogP contribution < -0.4 is 5.32 Å². The predicted octanol–water partition coefficient (Wildman–Crippen LogP) is 2.39. The molecule has 2 unspecified atom stereocenters. The van der Waals surface area contributed by atoms with Crippen molar-refractivity contribution in [2.45, 2.75) is 29.0 Å². The molecule has 0 fully saturated rings. The summed E-state index contributed by atoms with van der Waals surface area (Å²) in [7, 11) is -3.77. The highest BCUT2D eigenvalue weighted by Gasteiger charge is 2.40. The number of hydrogen-bond donors (Lipinski definition) is 2. The second kappa shape index (κ2) is 7.49. The van der Waals surface area contributed by atoms with Gasteiger partial charge in [-0.05, 0) is 64.7 Å². The van der Waals surface area contributed by atoms with Crippen LogP contribution in [0.5, 0.6) is 0 Å². The zero-order valence-electron chi connectivity index (χ0n) is 13.3. The molecule has 134 valence electrons. The Morgan fingerprint density at radius 1 is 1.32 bits per heavy atom. The van der Waals surface area contributed by atoms with Crippen LogP contribution in [-0.2, 0) is 16.3 Å². The van der Waals surface area contributed by atoms with E-state index in [-0.39, 0.29) is 17.5 Å². The Bertz CT molecular complexity index is 859. The van der Waals surface area contributed by atoms with E-state index in [0.29, 0.717) is 25.1 Å². The molecular weight excluding hydrogens is 411 g/mol. The van der Waals surface area contributed by atoms with Crippen LogP contribution in [0.25, 0.3) is 0 Å². The highest BCUT2D eigenvalue weighted by Crippen LogP contribution is 2.38. The second-order valence-corrected chi connectivity index (χ2v) is 8.93. The van der Waals surface area contributed by atoms with Crippen molar-refractivity contribution >= 4 is 25.8 Å². The average Bonchev–Trinajstić information content (AvgIpc) is 2.59. The van der Waals surface area contributed by atoms with Crippen LogP contribution in [-0.4, -0.2) is 37.7 Å². The number of aliphatic hydroxyl groups excluding tert-OH is 1. The number of nitrogens with one attached hydrogen (secondary N) is 1. The van der Waals surface area contributed by atoms with Gasteiger partial charge in [-0.15, -0.1) is 0 Å². The maximum atomic E-state index is 13.2. The van der Waals surface area contributed by atoms with Crippen LogP contribution >= 0.6 is 15.9 Å². The van der Waals surface area contributed by atoms with Crippen molar-refractivity contribution in [3.8, 4) is 0 Å². The Labute approximate surface area is 154 Å². The molecule has 0 spiro atoms. The van der Waals surface area contributed by atoms with Crippen LogP contribution in [0, 0.1) is 5.82 Å². The topological polar surface area (TPSA) is 79.3 Å². The third kappa shape index (κ3) is 3.76. The minimum Gasteiger partial charge on any atom is -0.395 e. The first-order valence-electron chi connectivity index (χ1n) is 7.91. The van der Waals surface area contributed by atoms with Crippen molar-refractivity contribution in [1.82, 2.24) is 10.3 Å². The molecule has 25 heavy (non-hydrogen) atoms. The number of fused-ring (bicyclic) bond motifs is 1. The predicted molar refractivity (Wildman–Crippen MR) is 95.5 cm³/mol. The van der Waals surface area contributed by atoms with Gasteiger partial charge in [0.25, 0.3) is 0 Å². The van der Waals surface area contributed by atoms with E-state index in [4.69, 9.17) is 5.11 Å². The number of aryl methyl sites for hydroxylation is 1.